The van der Waals surface area contributed by atoms with Crippen LogP contribution in [0.4, 0.5) is 11.5 Å². The predicted molar refractivity (Wildman–Crippen MR) is 140 cm³/mol. The largest absolute Gasteiger partial charge is 0.461 e. The van der Waals surface area contributed by atoms with Crippen LogP contribution in [0.2, 0.25) is 0 Å². The molecule has 2 amide bonds. The molecule has 3 aromatic rings. The molecule has 2 fully saturated rings. The lowest BCUT2D eigenvalue weighted by atomic mass is 10.1. The molecule has 9 nitrogen and oxygen atoms in total. The molecule has 0 spiro atoms. The van der Waals surface area contributed by atoms with Crippen LogP contribution in [0.5, 0.6) is 0 Å². The van der Waals surface area contributed by atoms with Gasteiger partial charge in [0.25, 0.3) is 0 Å². The van der Waals surface area contributed by atoms with Crippen molar-refractivity contribution in [2.24, 2.45) is 4.99 Å². The first-order chi connectivity index (χ1) is 17.5. The third-order valence-electron chi connectivity index (χ3n) is 6.64. The number of nitrogens with one attached hydrogen (secondary N) is 2. The Morgan fingerprint density at radius 3 is 2.72 bits per heavy atom. The number of furan rings is 1. The summed E-state index contributed by atoms with van der Waals surface area (Å²) in [7, 11) is 0. The molecular weight excluding hydrogens is 456 g/mol. The van der Waals surface area contributed by atoms with Gasteiger partial charge in [0, 0.05) is 36.9 Å². The number of guanidine groups is 1. The molecule has 2 saturated heterocycles. The third-order valence-corrected chi connectivity index (χ3v) is 6.64. The average molecular weight is 489 g/mol. The van der Waals surface area contributed by atoms with E-state index in [1.54, 1.807) is 11.1 Å². The minimum absolute atomic E-state index is 0.0270. The number of pyridine rings is 1. The summed E-state index contributed by atoms with van der Waals surface area (Å²) in [6.07, 6.45) is 6.12. The maximum atomic E-state index is 13.5. The van der Waals surface area contributed by atoms with Crippen LogP contribution in [0, 0.1) is 6.92 Å². The second-order valence-electron chi connectivity index (χ2n) is 9.41. The molecule has 2 aromatic heterocycles. The molecule has 5 rings (SSSR count). The first-order valence-electron chi connectivity index (χ1n) is 12.6. The summed E-state index contributed by atoms with van der Waals surface area (Å²) in [6, 6.07) is 12.8. The predicted octanol–water partition coefficient (Wildman–Crippen LogP) is 4.02. The Balaban J connectivity index is 1.38. The highest BCUT2D eigenvalue weighted by Crippen LogP contribution is 2.23. The van der Waals surface area contributed by atoms with E-state index in [1.165, 1.54) is 0 Å². The molecule has 2 aliphatic rings. The van der Waals surface area contributed by atoms with Gasteiger partial charge in [-0.3, -0.25) is 9.59 Å². The van der Waals surface area contributed by atoms with Crippen LogP contribution in [-0.2, 0) is 9.59 Å². The third kappa shape index (κ3) is 5.67. The number of aryl methyl sites for hydroxylation is 1. The molecule has 2 N–H and O–H groups in total. The number of anilines is 2. The van der Waals surface area contributed by atoms with Crippen LogP contribution < -0.4 is 10.6 Å². The minimum Gasteiger partial charge on any atom is -0.461 e. The Hall–Kier alpha value is -3.88. The summed E-state index contributed by atoms with van der Waals surface area (Å²) in [4.78, 5) is 38.9. The maximum Gasteiger partial charge on any atom is 0.247 e. The zero-order valence-electron chi connectivity index (χ0n) is 20.6. The highest BCUT2D eigenvalue weighted by molar-refractivity contribution is 6.05. The molecule has 0 saturated carbocycles. The number of nitrogens with zero attached hydrogens (tertiary/aromatic N) is 4. The van der Waals surface area contributed by atoms with Crippen LogP contribution >= 0.6 is 0 Å². The maximum absolute atomic E-state index is 13.5. The van der Waals surface area contributed by atoms with Crippen molar-refractivity contribution in [3.8, 4) is 0 Å². The molecule has 0 unspecified atom stereocenters. The number of carbonyl (C=O) groups is 2. The smallest absolute Gasteiger partial charge is 0.247 e. The molecule has 36 heavy (non-hydrogen) atoms. The van der Waals surface area contributed by atoms with Crippen LogP contribution in [0.3, 0.4) is 0 Å². The van der Waals surface area contributed by atoms with Gasteiger partial charge in [-0.25, -0.2) is 9.98 Å². The topological polar surface area (TPSA) is 103 Å². The fourth-order valence-corrected chi connectivity index (χ4v) is 4.79. The Bertz CT molecular complexity index is 1250. The van der Waals surface area contributed by atoms with E-state index in [9.17, 15) is 9.59 Å². The second-order valence-corrected chi connectivity index (χ2v) is 9.41. The number of fused-ring (bicyclic) bond motifs is 1. The molecule has 0 aliphatic carbocycles. The van der Waals surface area contributed by atoms with Gasteiger partial charge in [0.2, 0.25) is 17.8 Å². The van der Waals surface area contributed by atoms with Gasteiger partial charge in [-0.05, 0) is 75.4 Å². The van der Waals surface area contributed by atoms with Crippen LogP contribution in [-0.4, -0.2) is 64.8 Å². The monoisotopic (exact) mass is 488 g/mol. The Kier molecular flexibility index (Phi) is 7.16. The van der Waals surface area contributed by atoms with E-state index in [0.717, 1.165) is 61.2 Å². The van der Waals surface area contributed by atoms with Gasteiger partial charge in [0.05, 0.1) is 6.54 Å². The van der Waals surface area contributed by atoms with Crippen molar-refractivity contribution in [2.45, 2.75) is 45.1 Å². The van der Waals surface area contributed by atoms with E-state index in [1.807, 2.05) is 54.3 Å². The first-order valence-corrected chi connectivity index (χ1v) is 12.6. The van der Waals surface area contributed by atoms with E-state index in [0.29, 0.717) is 24.7 Å². The van der Waals surface area contributed by atoms with Crippen molar-refractivity contribution in [1.82, 2.24) is 14.8 Å². The van der Waals surface area contributed by atoms with Gasteiger partial charge in [-0.1, -0.05) is 6.07 Å². The summed E-state index contributed by atoms with van der Waals surface area (Å²) in [5.74, 6) is 1.81. The highest BCUT2D eigenvalue weighted by Gasteiger charge is 2.30. The number of likely N-dealkylation sites (tertiary alicyclic amines) is 2. The fourth-order valence-electron chi connectivity index (χ4n) is 4.79. The van der Waals surface area contributed by atoms with Crippen molar-refractivity contribution in [3.63, 3.8) is 0 Å². The second kappa shape index (κ2) is 10.8. The lowest BCUT2D eigenvalue weighted by Crippen LogP contribution is -2.45. The van der Waals surface area contributed by atoms with Crippen molar-refractivity contribution in [1.29, 1.82) is 0 Å². The summed E-state index contributed by atoms with van der Waals surface area (Å²) < 4.78 is 5.69. The lowest BCUT2D eigenvalue weighted by Gasteiger charge is -2.25. The standard InChI is InChI=1S/C27H32N6O3/c1-19-16-20-17-21(10-11-23(20)36-19)29-27(31-24-9-2-4-12-28-24)30-22-8-3-5-15-33(26(22)35)18-25(34)32-13-6-7-14-32/h2,4,9-12,16-17,22H,3,5-8,13-15,18H2,1H3,(H2,28,29,30,31)/t22-/m0/s1. The van der Waals surface area contributed by atoms with E-state index in [-0.39, 0.29) is 18.4 Å². The molecule has 1 aromatic carbocycles. The Morgan fingerprint density at radius 1 is 1.08 bits per heavy atom. The minimum atomic E-state index is -0.586. The van der Waals surface area contributed by atoms with Gasteiger partial charge >= 0.3 is 0 Å². The number of aromatic nitrogens is 1. The summed E-state index contributed by atoms with van der Waals surface area (Å²) >= 11 is 0. The van der Waals surface area contributed by atoms with E-state index >= 15 is 0 Å². The van der Waals surface area contributed by atoms with Crippen LogP contribution in [0.15, 0.2) is 58.1 Å². The first kappa shape index (κ1) is 23.8. The zero-order chi connectivity index (χ0) is 24.9. The van der Waals surface area contributed by atoms with Gasteiger partial charge in [-0.15, -0.1) is 0 Å². The quantitative estimate of drug-likeness (QED) is 0.415. The molecule has 2 aliphatic heterocycles. The summed E-state index contributed by atoms with van der Waals surface area (Å²) in [5, 5.41) is 7.54. The molecule has 4 heterocycles. The number of hydrogen-bond donors (Lipinski definition) is 2. The van der Waals surface area contributed by atoms with E-state index in [2.05, 4.69) is 15.6 Å². The number of carbonyl (C=O) groups excluding carboxylic acids is 2. The fraction of sp³-hybridized carbons (Fsp3) is 0.407. The van der Waals surface area contributed by atoms with Crippen molar-refractivity contribution < 1.29 is 14.0 Å². The SMILES string of the molecule is Cc1cc2cc(NC(=N[C@H]3CCCCN(CC(=O)N4CCCC4)C3=O)Nc3ccccn3)ccc2o1. The van der Waals surface area contributed by atoms with Gasteiger partial charge in [0.15, 0.2) is 0 Å². The van der Waals surface area contributed by atoms with Crippen molar-refractivity contribution >= 4 is 40.2 Å². The van der Waals surface area contributed by atoms with Crippen molar-refractivity contribution in [3.05, 3.63) is 54.4 Å². The molecule has 1 atom stereocenters. The zero-order valence-corrected chi connectivity index (χ0v) is 20.6. The number of amides is 2. The number of aliphatic imine (C=N–C) groups is 1. The van der Waals surface area contributed by atoms with Crippen LogP contribution in [0.25, 0.3) is 11.0 Å². The van der Waals surface area contributed by atoms with Crippen molar-refractivity contribution in [2.75, 3.05) is 36.8 Å². The number of hydrogen-bond acceptors (Lipinski definition) is 5. The lowest BCUT2D eigenvalue weighted by molar-refractivity contribution is -0.140. The van der Waals surface area contributed by atoms with E-state index in [4.69, 9.17) is 9.41 Å². The summed E-state index contributed by atoms with van der Waals surface area (Å²) in [6.45, 7) is 4.19. The molecule has 0 radical (unpaired) electrons. The Morgan fingerprint density at radius 2 is 1.92 bits per heavy atom. The van der Waals surface area contributed by atoms with E-state index < -0.39 is 6.04 Å². The van der Waals surface area contributed by atoms with Crippen LogP contribution in [0.1, 0.15) is 37.9 Å². The molecule has 0 bridgehead atoms. The average Bonchev–Trinajstić information content (AvgIpc) is 3.50. The molecular formula is C27H32N6O3. The highest BCUT2D eigenvalue weighted by atomic mass is 16.3. The molecule has 188 valence electrons. The summed E-state index contributed by atoms with van der Waals surface area (Å²) in [5.41, 5.74) is 1.62. The Labute approximate surface area is 210 Å². The molecule has 9 heteroatoms. The normalized spacial score (nSPS) is 19.0. The van der Waals surface area contributed by atoms with Gasteiger partial charge in [-0.2, -0.15) is 0 Å². The number of rotatable bonds is 5. The number of benzene rings is 1. The van der Waals surface area contributed by atoms with Gasteiger partial charge < -0.3 is 24.9 Å². The van der Waals surface area contributed by atoms with Gasteiger partial charge in [0.1, 0.15) is 23.2 Å².